The summed E-state index contributed by atoms with van der Waals surface area (Å²) in [7, 11) is -1.36. The van der Waals surface area contributed by atoms with Gasteiger partial charge in [-0.3, -0.25) is 0 Å². The highest BCUT2D eigenvalue weighted by atomic mass is 28.3. The van der Waals surface area contributed by atoms with E-state index < -0.39 is 8.07 Å². The molecule has 0 aromatic carbocycles. The third-order valence-electron chi connectivity index (χ3n) is 2.33. The van der Waals surface area contributed by atoms with Gasteiger partial charge in [0.25, 0.3) is 0 Å². The molecule has 82 valence electrons. The van der Waals surface area contributed by atoms with Gasteiger partial charge in [-0.25, -0.2) is 0 Å². The van der Waals surface area contributed by atoms with Gasteiger partial charge in [0, 0.05) is 5.54 Å². The molecule has 0 amide bonds. The van der Waals surface area contributed by atoms with Gasteiger partial charge in [-0.1, -0.05) is 33.5 Å². The van der Waals surface area contributed by atoms with Crippen LogP contribution in [0.4, 0.5) is 0 Å². The Kier molecular flexibility index (Phi) is 5.47. The molecule has 0 bridgehead atoms. The molecule has 1 nitrogen and oxygen atoms in total. The van der Waals surface area contributed by atoms with Crippen LogP contribution in [0, 0.1) is 17.8 Å². The third kappa shape index (κ3) is 4.83. The zero-order chi connectivity index (χ0) is 11.4. The Bertz CT molecular complexity index is 217. The Hall–Kier alpha value is -0.263. The van der Waals surface area contributed by atoms with Crippen molar-refractivity contribution in [3.8, 4) is 11.8 Å². The summed E-state index contributed by atoms with van der Waals surface area (Å²) in [6.45, 7) is 13.0. The number of hydrogen-bond acceptors (Lipinski definition) is 1. The molecule has 0 saturated carbocycles. The molecule has 0 heterocycles. The first-order valence-electron chi connectivity index (χ1n) is 5.39. The zero-order valence-electron chi connectivity index (χ0n) is 10.4. The first-order chi connectivity index (χ1) is 6.29. The monoisotopic (exact) mass is 212 g/mol. The van der Waals surface area contributed by atoms with Crippen molar-refractivity contribution in [1.29, 1.82) is 0 Å². The molecule has 0 aliphatic heterocycles. The highest BCUT2D eigenvalue weighted by Crippen LogP contribution is 2.28. The average molecular weight is 212 g/mol. The Balaban J connectivity index is 4.55. The van der Waals surface area contributed by atoms with E-state index in [1.807, 2.05) is 6.92 Å². The van der Waals surface area contributed by atoms with Gasteiger partial charge in [0.1, 0.15) is 0 Å². The molecular weight excluding hydrogens is 188 g/mol. The Morgan fingerprint density at radius 2 is 1.71 bits per heavy atom. The van der Waals surface area contributed by atoms with E-state index in [0.29, 0.717) is 5.92 Å². The van der Waals surface area contributed by atoms with Gasteiger partial charge in [-0.05, 0) is 19.3 Å². The maximum Gasteiger partial charge on any atom is 0.0654 e. The number of aliphatic hydroxyl groups is 1. The van der Waals surface area contributed by atoms with E-state index in [9.17, 15) is 5.11 Å². The van der Waals surface area contributed by atoms with Crippen LogP contribution in [0.15, 0.2) is 0 Å². The Labute approximate surface area is 89.9 Å². The largest absolute Gasteiger partial charge is 0.392 e. The van der Waals surface area contributed by atoms with Crippen molar-refractivity contribution in [2.45, 2.75) is 58.5 Å². The molecule has 0 aliphatic rings. The smallest absolute Gasteiger partial charge is 0.0654 e. The van der Waals surface area contributed by atoms with Crippen LogP contribution < -0.4 is 0 Å². The molecule has 0 unspecified atom stereocenters. The van der Waals surface area contributed by atoms with Crippen molar-refractivity contribution in [2.75, 3.05) is 0 Å². The first-order valence-corrected chi connectivity index (χ1v) is 8.97. The van der Waals surface area contributed by atoms with E-state index in [1.54, 1.807) is 0 Å². The molecule has 0 saturated heterocycles. The van der Waals surface area contributed by atoms with E-state index >= 15 is 0 Å². The van der Waals surface area contributed by atoms with Crippen molar-refractivity contribution in [1.82, 2.24) is 0 Å². The van der Waals surface area contributed by atoms with Crippen LogP contribution in [0.2, 0.25) is 25.2 Å². The minimum absolute atomic E-state index is 0.217. The minimum atomic E-state index is -1.36. The van der Waals surface area contributed by atoms with E-state index in [0.717, 1.165) is 6.42 Å². The van der Waals surface area contributed by atoms with E-state index in [1.165, 1.54) is 0 Å². The quantitative estimate of drug-likeness (QED) is 0.561. The summed E-state index contributed by atoms with van der Waals surface area (Å²) in [4.78, 5) is 0. The van der Waals surface area contributed by atoms with Crippen molar-refractivity contribution < 1.29 is 5.11 Å². The van der Waals surface area contributed by atoms with Gasteiger partial charge in [0.05, 0.1) is 14.2 Å². The molecule has 0 fully saturated rings. The lowest BCUT2D eigenvalue weighted by Crippen LogP contribution is -2.36. The standard InChI is InChI=1S/C12H24OSi/c1-7-8-12(14(4,5)6)11(13)9-10(2)3/h10-13H,9H2,1-6H3/t11-,12-/m0/s1. The molecule has 0 spiro atoms. The minimum Gasteiger partial charge on any atom is -0.392 e. The fourth-order valence-corrected chi connectivity index (χ4v) is 3.53. The lowest BCUT2D eigenvalue weighted by atomic mass is 10.0. The molecular formula is C12H24OSi. The molecule has 0 aromatic rings. The molecule has 0 aliphatic carbocycles. The SMILES string of the molecule is CC#C[C@@H]([C@@H](O)CC(C)C)[Si](C)(C)C. The highest BCUT2D eigenvalue weighted by molar-refractivity contribution is 6.78. The van der Waals surface area contributed by atoms with Crippen LogP contribution >= 0.6 is 0 Å². The Morgan fingerprint density at radius 3 is 2.00 bits per heavy atom. The van der Waals surface area contributed by atoms with Gasteiger partial charge < -0.3 is 5.11 Å². The predicted octanol–water partition coefficient (Wildman–Crippen LogP) is 3.13. The van der Waals surface area contributed by atoms with Gasteiger partial charge >= 0.3 is 0 Å². The topological polar surface area (TPSA) is 20.2 Å². The van der Waals surface area contributed by atoms with Crippen molar-refractivity contribution >= 4 is 8.07 Å². The van der Waals surface area contributed by atoms with E-state index in [-0.39, 0.29) is 11.6 Å². The summed E-state index contributed by atoms with van der Waals surface area (Å²) in [5, 5.41) is 10.1. The van der Waals surface area contributed by atoms with E-state index in [4.69, 9.17) is 0 Å². The highest BCUT2D eigenvalue weighted by Gasteiger charge is 2.31. The van der Waals surface area contributed by atoms with Crippen LogP contribution in [0.1, 0.15) is 27.2 Å². The van der Waals surface area contributed by atoms with Gasteiger partial charge in [0.2, 0.25) is 0 Å². The van der Waals surface area contributed by atoms with Crippen LogP contribution in [-0.4, -0.2) is 19.3 Å². The molecule has 2 atom stereocenters. The fourth-order valence-electron chi connectivity index (χ4n) is 1.66. The molecule has 0 radical (unpaired) electrons. The lowest BCUT2D eigenvalue weighted by molar-refractivity contribution is 0.152. The summed E-state index contributed by atoms with van der Waals surface area (Å²) < 4.78 is 0. The normalized spacial score (nSPS) is 16.0. The van der Waals surface area contributed by atoms with Crippen molar-refractivity contribution in [3.63, 3.8) is 0 Å². The fraction of sp³-hybridized carbons (Fsp3) is 0.833. The van der Waals surface area contributed by atoms with Gasteiger partial charge in [-0.15, -0.1) is 11.8 Å². The van der Waals surface area contributed by atoms with Crippen molar-refractivity contribution in [3.05, 3.63) is 0 Å². The van der Waals surface area contributed by atoms with E-state index in [2.05, 4.69) is 45.3 Å². The molecule has 2 heteroatoms. The Morgan fingerprint density at radius 1 is 1.21 bits per heavy atom. The summed E-state index contributed by atoms with van der Waals surface area (Å²) in [6.07, 6.45) is 0.623. The molecule has 0 aromatic heterocycles. The van der Waals surface area contributed by atoms with Crippen LogP contribution in [-0.2, 0) is 0 Å². The second-order valence-electron chi connectivity index (χ2n) is 5.43. The molecule has 14 heavy (non-hydrogen) atoms. The van der Waals surface area contributed by atoms with Crippen molar-refractivity contribution in [2.24, 2.45) is 5.92 Å². The average Bonchev–Trinajstić information content (AvgIpc) is 1.96. The van der Waals surface area contributed by atoms with Crippen LogP contribution in [0.3, 0.4) is 0 Å². The molecule has 1 N–H and O–H groups in total. The maximum atomic E-state index is 10.1. The third-order valence-corrected chi connectivity index (χ3v) is 4.73. The summed E-state index contributed by atoms with van der Waals surface area (Å²) >= 11 is 0. The number of rotatable bonds is 4. The maximum absolute atomic E-state index is 10.1. The summed E-state index contributed by atoms with van der Waals surface area (Å²) in [5.74, 6) is 6.69. The van der Waals surface area contributed by atoms with Gasteiger partial charge in [0.15, 0.2) is 0 Å². The predicted molar refractivity (Wildman–Crippen MR) is 66.0 cm³/mol. The summed E-state index contributed by atoms with van der Waals surface area (Å²) in [5.41, 5.74) is 0.217. The number of aliphatic hydroxyl groups excluding tert-OH is 1. The first kappa shape index (κ1) is 13.7. The van der Waals surface area contributed by atoms with Gasteiger partial charge in [-0.2, -0.15) is 0 Å². The second kappa shape index (κ2) is 5.58. The second-order valence-corrected chi connectivity index (χ2v) is 10.8. The van der Waals surface area contributed by atoms with Crippen LogP contribution in [0.25, 0.3) is 0 Å². The lowest BCUT2D eigenvalue weighted by Gasteiger charge is -2.29. The van der Waals surface area contributed by atoms with Crippen LogP contribution in [0.5, 0.6) is 0 Å². The zero-order valence-corrected chi connectivity index (χ0v) is 11.4. The summed E-state index contributed by atoms with van der Waals surface area (Å²) in [6, 6.07) is 0. The molecule has 0 rings (SSSR count). The number of hydrogen-bond donors (Lipinski definition) is 1.